The lowest BCUT2D eigenvalue weighted by atomic mass is 9.95. The highest BCUT2D eigenvalue weighted by atomic mass is 16.5. The van der Waals surface area contributed by atoms with Gasteiger partial charge in [-0.25, -0.2) is 0 Å². The van der Waals surface area contributed by atoms with Gasteiger partial charge >= 0.3 is 0 Å². The second-order valence-electron chi connectivity index (χ2n) is 5.87. The number of methoxy groups -OCH3 is 2. The summed E-state index contributed by atoms with van der Waals surface area (Å²) in [4.78, 5) is 0. The molecule has 1 saturated carbocycles. The van der Waals surface area contributed by atoms with Gasteiger partial charge in [0.15, 0.2) is 11.5 Å². The van der Waals surface area contributed by atoms with Crippen molar-refractivity contribution in [2.75, 3.05) is 27.3 Å². The van der Waals surface area contributed by atoms with Crippen molar-refractivity contribution in [2.45, 2.75) is 32.1 Å². The van der Waals surface area contributed by atoms with Crippen molar-refractivity contribution in [3.05, 3.63) is 23.8 Å². The lowest BCUT2D eigenvalue weighted by molar-refractivity contribution is 0.354. The van der Waals surface area contributed by atoms with Crippen LogP contribution in [0.15, 0.2) is 18.2 Å². The van der Waals surface area contributed by atoms with E-state index in [-0.39, 0.29) is 0 Å². The van der Waals surface area contributed by atoms with Crippen LogP contribution in [0.2, 0.25) is 0 Å². The molecule has 3 nitrogen and oxygen atoms in total. The molecule has 0 aliphatic heterocycles. The Hall–Kier alpha value is -1.22. The van der Waals surface area contributed by atoms with E-state index < -0.39 is 0 Å². The van der Waals surface area contributed by atoms with Gasteiger partial charge in [-0.3, -0.25) is 0 Å². The van der Waals surface area contributed by atoms with Gasteiger partial charge < -0.3 is 14.8 Å². The van der Waals surface area contributed by atoms with Crippen molar-refractivity contribution in [1.82, 2.24) is 5.32 Å². The monoisotopic (exact) mass is 263 g/mol. The zero-order valence-corrected chi connectivity index (χ0v) is 12.5. The number of ether oxygens (including phenoxy) is 2. The van der Waals surface area contributed by atoms with E-state index in [2.05, 4.69) is 31.3 Å². The maximum atomic E-state index is 5.40. The molecule has 1 aromatic carbocycles. The van der Waals surface area contributed by atoms with Crippen LogP contribution in [0.25, 0.3) is 0 Å². The molecule has 0 atom stereocenters. The minimum absolute atomic E-state index is 0.314. The summed E-state index contributed by atoms with van der Waals surface area (Å²) in [6.45, 7) is 6.61. The maximum absolute atomic E-state index is 5.40. The fourth-order valence-electron chi connectivity index (χ4n) is 2.48. The largest absolute Gasteiger partial charge is 0.493 e. The Morgan fingerprint density at radius 3 is 2.37 bits per heavy atom. The van der Waals surface area contributed by atoms with Crippen LogP contribution >= 0.6 is 0 Å². The average molecular weight is 263 g/mol. The normalized spacial score (nSPS) is 16.5. The number of nitrogens with one attached hydrogen (secondary N) is 1. The molecule has 0 radical (unpaired) electrons. The summed E-state index contributed by atoms with van der Waals surface area (Å²) in [6.07, 6.45) is 2.52. The molecule has 1 fully saturated rings. The summed E-state index contributed by atoms with van der Waals surface area (Å²) in [5, 5.41) is 3.58. The van der Waals surface area contributed by atoms with Gasteiger partial charge in [0.2, 0.25) is 0 Å². The number of hydrogen-bond donors (Lipinski definition) is 1. The Morgan fingerprint density at radius 1 is 1.16 bits per heavy atom. The van der Waals surface area contributed by atoms with E-state index in [0.29, 0.717) is 11.3 Å². The van der Waals surface area contributed by atoms with Crippen molar-refractivity contribution in [2.24, 2.45) is 5.92 Å². The molecule has 2 rings (SSSR count). The van der Waals surface area contributed by atoms with Crippen molar-refractivity contribution < 1.29 is 9.47 Å². The third kappa shape index (κ3) is 3.21. The highest BCUT2D eigenvalue weighted by molar-refractivity contribution is 5.47. The van der Waals surface area contributed by atoms with Crippen molar-refractivity contribution in [3.63, 3.8) is 0 Å². The molecule has 1 N–H and O–H groups in total. The minimum Gasteiger partial charge on any atom is -0.493 e. The second-order valence-corrected chi connectivity index (χ2v) is 5.87. The highest BCUT2D eigenvalue weighted by Crippen LogP contribution is 2.49. The number of hydrogen-bond acceptors (Lipinski definition) is 3. The fourth-order valence-corrected chi connectivity index (χ4v) is 2.48. The van der Waals surface area contributed by atoms with E-state index >= 15 is 0 Å². The molecule has 0 unspecified atom stereocenters. The summed E-state index contributed by atoms with van der Waals surface area (Å²) in [5.74, 6) is 2.33. The van der Waals surface area contributed by atoms with E-state index in [1.54, 1.807) is 14.2 Å². The molecular weight excluding hydrogens is 238 g/mol. The van der Waals surface area contributed by atoms with Gasteiger partial charge in [0, 0.05) is 12.0 Å². The van der Waals surface area contributed by atoms with Crippen molar-refractivity contribution in [3.8, 4) is 11.5 Å². The predicted molar refractivity (Wildman–Crippen MR) is 78.2 cm³/mol. The van der Waals surface area contributed by atoms with Crippen LogP contribution in [0.1, 0.15) is 32.3 Å². The molecule has 0 bridgehead atoms. The first-order valence-electron chi connectivity index (χ1n) is 7.04. The van der Waals surface area contributed by atoms with Gasteiger partial charge in [-0.15, -0.1) is 0 Å². The molecule has 0 spiro atoms. The Morgan fingerprint density at radius 2 is 1.84 bits per heavy atom. The zero-order chi connectivity index (χ0) is 13.9. The summed E-state index contributed by atoms with van der Waals surface area (Å²) >= 11 is 0. The van der Waals surface area contributed by atoms with E-state index in [9.17, 15) is 0 Å². The Bertz CT molecular complexity index is 425. The second kappa shape index (κ2) is 5.83. The lowest BCUT2D eigenvalue weighted by Gasteiger charge is -2.19. The molecule has 3 heteroatoms. The quantitative estimate of drug-likeness (QED) is 0.820. The van der Waals surface area contributed by atoms with Crippen molar-refractivity contribution in [1.29, 1.82) is 0 Å². The van der Waals surface area contributed by atoms with Crippen LogP contribution < -0.4 is 14.8 Å². The number of rotatable bonds is 7. The topological polar surface area (TPSA) is 30.5 Å². The summed E-state index contributed by atoms with van der Waals surface area (Å²) < 4.78 is 10.7. The van der Waals surface area contributed by atoms with Gasteiger partial charge in [-0.05, 0) is 43.0 Å². The van der Waals surface area contributed by atoms with Gasteiger partial charge in [-0.2, -0.15) is 0 Å². The molecule has 106 valence electrons. The van der Waals surface area contributed by atoms with Crippen LogP contribution in [0, 0.1) is 5.92 Å². The van der Waals surface area contributed by atoms with E-state index in [1.807, 2.05) is 6.07 Å². The molecule has 1 aromatic rings. The third-order valence-corrected chi connectivity index (χ3v) is 3.87. The van der Waals surface area contributed by atoms with Crippen molar-refractivity contribution >= 4 is 0 Å². The standard InChI is InChI=1S/C16H25NO2/c1-12(2)10-17-11-16(7-8-16)13-5-6-14(18-3)15(9-13)19-4/h5-6,9,12,17H,7-8,10-11H2,1-4H3. The molecule has 1 aliphatic rings. The van der Waals surface area contributed by atoms with E-state index in [0.717, 1.165) is 24.6 Å². The Kier molecular flexibility index (Phi) is 4.35. The smallest absolute Gasteiger partial charge is 0.161 e. The molecule has 1 aliphatic carbocycles. The van der Waals surface area contributed by atoms with Crippen LogP contribution in [0.4, 0.5) is 0 Å². The average Bonchev–Trinajstić information content (AvgIpc) is 3.18. The first-order valence-corrected chi connectivity index (χ1v) is 7.04. The zero-order valence-electron chi connectivity index (χ0n) is 12.5. The summed E-state index contributed by atoms with van der Waals surface area (Å²) in [5.41, 5.74) is 1.68. The minimum atomic E-state index is 0.314. The van der Waals surface area contributed by atoms with Gasteiger partial charge in [0.25, 0.3) is 0 Å². The lowest BCUT2D eigenvalue weighted by Crippen LogP contribution is -2.29. The summed E-state index contributed by atoms with van der Waals surface area (Å²) in [7, 11) is 3.37. The SMILES string of the molecule is COc1ccc(C2(CNCC(C)C)CC2)cc1OC. The molecule has 0 heterocycles. The van der Waals surface area contributed by atoms with E-state index in [1.165, 1.54) is 18.4 Å². The van der Waals surface area contributed by atoms with E-state index in [4.69, 9.17) is 9.47 Å². The van der Waals surface area contributed by atoms with Crippen LogP contribution in [0.5, 0.6) is 11.5 Å². The fraction of sp³-hybridized carbons (Fsp3) is 0.625. The first kappa shape index (κ1) is 14.2. The third-order valence-electron chi connectivity index (χ3n) is 3.87. The van der Waals surface area contributed by atoms with Crippen LogP contribution in [-0.2, 0) is 5.41 Å². The maximum Gasteiger partial charge on any atom is 0.161 e. The van der Waals surface area contributed by atoms with Crippen LogP contribution in [0.3, 0.4) is 0 Å². The molecular formula is C16H25NO2. The van der Waals surface area contributed by atoms with Crippen LogP contribution in [-0.4, -0.2) is 27.3 Å². The highest BCUT2D eigenvalue weighted by Gasteiger charge is 2.44. The number of benzene rings is 1. The van der Waals surface area contributed by atoms with Gasteiger partial charge in [0.05, 0.1) is 14.2 Å². The van der Waals surface area contributed by atoms with Gasteiger partial charge in [0.1, 0.15) is 0 Å². The predicted octanol–water partition coefficient (Wildman–Crippen LogP) is 2.98. The molecule has 0 aromatic heterocycles. The molecule has 0 amide bonds. The molecule has 19 heavy (non-hydrogen) atoms. The molecule has 0 saturated heterocycles. The first-order chi connectivity index (χ1) is 9.11. The van der Waals surface area contributed by atoms with Gasteiger partial charge in [-0.1, -0.05) is 19.9 Å². The summed E-state index contributed by atoms with van der Waals surface area (Å²) in [6, 6.07) is 6.31. The Balaban J connectivity index is 2.08. The Labute approximate surface area is 116 Å².